The quantitative estimate of drug-likeness (QED) is 0.551. The van der Waals surface area contributed by atoms with E-state index in [1.807, 2.05) is 24.3 Å². The Morgan fingerprint density at radius 3 is 2.60 bits per heavy atom. The molecule has 1 N–H and O–H groups in total. The van der Waals surface area contributed by atoms with E-state index in [1.54, 1.807) is 18.3 Å². The molecule has 3 aromatic rings. The van der Waals surface area contributed by atoms with Crippen molar-refractivity contribution < 1.29 is 23.8 Å². The molecule has 0 saturated carbocycles. The summed E-state index contributed by atoms with van der Waals surface area (Å²) in [6.07, 6.45) is 1.67. The van der Waals surface area contributed by atoms with Crippen LogP contribution in [0.25, 0.3) is 10.9 Å². The molecule has 0 spiro atoms. The summed E-state index contributed by atoms with van der Waals surface area (Å²) in [5.41, 5.74) is 1.81. The van der Waals surface area contributed by atoms with Gasteiger partial charge >= 0.3 is 5.97 Å². The molecule has 0 radical (unpaired) electrons. The van der Waals surface area contributed by atoms with Gasteiger partial charge in [-0.15, -0.1) is 0 Å². The Bertz CT molecular complexity index is 928. The van der Waals surface area contributed by atoms with E-state index in [1.165, 1.54) is 20.3 Å². The van der Waals surface area contributed by atoms with Crippen molar-refractivity contribution in [2.75, 3.05) is 20.8 Å². The lowest BCUT2D eigenvalue weighted by Crippen LogP contribution is -2.12. The molecule has 0 bridgehead atoms. The Balaban J connectivity index is 1.77. The number of hydrogen-bond acceptors (Lipinski definition) is 5. The van der Waals surface area contributed by atoms with Crippen LogP contribution in [0, 0.1) is 0 Å². The molecule has 3 rings (SSSR count). The first kappa shape index (κ1) is 16.6. The highest BCUT2D eigenvalue weighted by atomic mass is 16.5. The van der Waals surface area contributed by atoms with Crippen LogP contribution in [0.4, 0.5) is 0 Å². The van der Waals surface area contributed by atoms with Crippen LogP contribution < -0.4 is 9.47 Å². The molecule has 0 aliphatic heterocycles. The van der Waals surface area contributed by atoms with Gasteiger partial charge in [-0.1, -0.05) is 18.2 Å². The van der Waals surface area contributed by atoms with Crippen LogP contribution in [-0.2, 0) is 4.74 Å². The largest absolute Gasteiger partial charge is 0.493 e. The van der Waals surface area contributed by atoms with Crippen molar-refractivity contribution in [2.24, 2.45) is 0 Å². The number of Topliss-reactive ketones (excluding diaryl/α,β-unsaturated/α-hetero) is 1. The van der Waals surface area contributed by atoms with Gasteiger partial charge in [0.1, 0.15) is 0 Å². The molecular weight excluding hydrogens is 322 g/mol. The number of aromatic amines is 1. The van der Waals surface area contributed by atoms with Gasteiger partial charge in [-0.3, -0.25) is 4.79 Å². The topological polar surface area (TPSA) is 77.6 Å². The van der Waals surface area contributed by atoms with Crippen LogP contribution in [0.2, 0.25) is 0 Å². The van der Waals surface area contributed by atoms with Crippen molar-refractivity contribution in [1.29, 1.82) is 0 Å². The number of esters is 1. The summed E-state index contributed by atoms with van der Waals surface area (Å²) in [4.78, 5) is 27.1. The molecule has 6 nitrogen and oxygen atoms in total. The smallest absolute Gasteiger partial charge is 0.337 e. The predicted molar refractivity (Wildman–Crippen MR) is 92.5 cm³/mol. The molecule has 6 heteroatoms. The number of para-hydroxylation sites is 1. The second-order valence-corrected chi connectivity index (χ2v) is 5.32. The third-order valence-electron chi connectivity index (χ3n) is 3.83. The number of nitrogens with one attached hydrogen (secondary N) is 1. The second kappa shape index (κ2) is 7.09. The first-order valence-corrected chi connectivity index (χ1v) is 7.62. The first-order valence-electron chi connectivity index (χ1n) is 7.62. The van der Waals surface area contributed by atoms with Crippen LogP contribution in [0.3, 0.4) is 0 Å². The number of aromatic nitrogens is 1. The summed E-state index contributed by atoms with van der Waals surface area (Å²) in [5, 5.41) is 0.851. The van der Waals surface area contributed by atoms with Crippen molar-refractivity contribution >= 4 is 22.7 Å². The number of hydrogen-bond donors (Lipinski definition) is 1. The van der Waals surface area contributed by atoms with Crippen LogP contribution in [0.15, 0.2) is 48.7 Å². The standard InChI is InChI=1S/C19H17NO5/c1-23-18-9-12(19(22)24-2)7-8-17(18)25-11-16(21)14-10-20-15-6-4-3-5-13(14)15/h3-10,20H,11H2,1-2H3. The Labute approximate surface area is 144 Å². The van der Waals surface area contributed by atoms with E-state index in [2.05, 4.69) is 9.72 Å². The van der Waals surface area contributed by atoms with Gasteiger partial charge in [-0.25, -0.2) is 4.79 Å². The number of rotatable bonds is 6. The molecular formula is C19H17NO5. The fourth-order valence-corrected chi connectivity index (χ4v) is 2.55. The molecule has 1 heterocycles. The maximum atomic E-state index is 12.5. The highest BCUT2D eigenvalue weighted by Gasteiger charge is 2.15. The lowest BCUT2D eigenvalue weighted by Gasteiger charge is -2.11. The van der Waals surface area contributed by atoms with Crippen LogP contribution >= 0.6 is 0 Å². The normalized spacial score (nSPS) is 10.5. The van der Waals surface area contributed by atoms with Gasteiger partial charge in [0.05, 0.1) is 19.8 Å². The molecule has 0 saturated heterocycles. The molecule has 128 valence electrons. The Kier molecular flexibility index (Phi) is 4.70. The Morgan fingerprint density at radius 2 is 1.84 bits per heavy atom. The van der Waals surface area contributed by atoms with Gasteiger partial charge in [-0.05, 0) is 24.3 Å². The van der Waals surface area contributed by atoms with Crippen molar-refractivity contribution in [3.8, 4) is 11.5 Å². The van der Waals surface area contributed by atoms with E-state index in [-0.39, 0.29) is 12.4 Å². The lowest BCUT2D eigenvalue weighted by atomic mass is 10.1. The van der Waals surface area contributed by atoms with Gasteiger partial charge in [0.15, 0.2) is 18.1 Å². The minimum absolute atomic E-state index is 0.143. The maximum absolute atomic E-state index is 12.5. The van der Waals surface area contributed by atoms with Gasteiger partial charge < -0.3 is 19.2 Å². The van der Waals surface area contributed by atoms with Crippen molar-refractivity contribution in [1.82, 2.24) is 4.98 Å². The van der Waals surface area contributed by atoms with E-state index in [4.69, 9.17) is 9.47 Å². The molecule has 0 amide bonds. The van der Waals surface area contributed by atoms with Gasteiger partial charge in [-0.2, -0.15) is 0 Å². The predicted octanol–water partition coefficient (Wildman–Crippen LogP) is 3.22. The molecule has 0 fully saturated rings. The second-order valence-electron chi connectivity index (χ2n) is 5.32. The zero-order valence-corrected chi connectivity index (χ0v) is 13.9. The summed E-state index contributed by atoms with van der Waals surface area (Å²) < 4.78 is 15.5. The van der Waals surface area contributed by atoms with Crippen molar-refractivity contribution in [3.05, 3.63) is 59.8 Å². The molecule has 25 heavy (non-hydrogen) atoms. The third kappa shape index (κ3) is 3.33. The average molecular weight is 339 g/mol. The SMILES string of the molecule is COC(=O)c1ccc(OCC(=O)c2c[nH]c3ccccc23)c(OC)c1. The highest BCUT2D eigenvalue weighted by molar-refractivity contribution is 6.08. The maximum Gasteiger partial charge on any atom is 0.337 e. The van der Waals surface area contributed by atoms with Gasteiger partial charge in [0, 0.05) is 22.7 Å². The third-order valence-corrected chi connectivity index (χ3v) is 3.83. The number of benzene rings is 2. The van der Waals surface area contributed by atoms with Gasteiger partial charge in [0.25, 0.3) is 0 Å². The number of carbonyl (C=O) groups excluding carboxylic acids is 2. The van der Waals surface area contributed by atoms with Crippen LogP contribution in [0.1, 0.15) is 20.7 Å². The fourth-order valence-electron chi connectivity index (χ4n) is 2.55. The molecule has 0 atom stereocenters. The van der Waals surface area contributed by atoms with Crippen molar-refractivity contribution in [2.45, 2.75) is 0 Å². The molecule has 0 aliphatic carbocycles. The number of fused-ring (bicyclic) bond motifs is 1. The molecule has 0 aliphatic rings. The number of H-pyrrole nitrogens is 1. The van der Waals surface area contributed by atoms with Crippen molar-refractivity contribution in [3.63, 3.8) is 0 Å². The first-order chi connectivity index (χ1) is 12.1. The number of ketones is 1. The monoisotopic (exact) mass is 339 g/mol. The summed E-state index contributed by atoms with van der Waals surface area (Å²) in [6.45, 7) is -0.143. The summed E-state index contributed by atoms with van der Waals surface area (Å²) >= 11 is 0. The summed E-state index contributed by atoms with van der Waals surface area (Å²) in [5.74, 6) is 0.106. The van der Waals surface area contributed by atoms with E-state index in [9.17, 15) is 9.59 Å². The van der Waals surface area contributed by atoms with Crippen LogP contribution in [0.5, 0.6) is 11.5 Å². The minimum Gasteiger partial charge on any atom is -0.493 e. The number of methoxy groups -OCH3 is 2. The zero-order valence-electron chi connectivity index (χ0n) is 13.9. The summed E-state index contributed by atoms with van der Waals surface area (Å²) in [6, 6.07) is 12.2. The van der Waals surface area contributed by atoms with E-state index in [0.29, 0.717) is 22.6 Å². The number of carbonyl (C=O) groups is 2. The van der Waals surface area contributed by atoms with E-state index >= 15 is 0 Å². The lowest BCUT2D eigenvalue weighted by molar-refractivity contribution is 0.0600. The Hall–Kier alpha value is -3.28. The number of ether oxygens (including phenoxy) is 3. The molecule has 1 aromatic heterocycles. The molecule has 0 unspecified atom stereocenters. The van der Waals surface area contributed by atoms with Crippen LogP contribution in [-0.4, -0.2) is 37.6 Å². The molecule has 2 aromatic carbocycles. The van der Waals surface area contributed by atoms with E-state index in [0.717, 1.165) is 10.9 Å². The van der Waals surface area contributed by atoms with Gasteiger partial charge in [0.2, 0.25) is 5.78 Å². The summed E-state index contributed by atoms with van der Waals surface area (Å²) in [7, 11) is 2.77. The zero-order chi connectivity index (χ0) is 17.8. The highest BCUT2D eigenvalue weighted by Crippen LogP contribution is 2.29. The van der Waals surface area contributed by atoms with E-state index < -0.39 is 5.97 Å². The fraction of sp³-hybridized carbons (Fsp3) is 0.158. The average Bonchev–Trinajstić information content (AvgIpc) is 3.09. The minimum atomic E-state index is -0.472. The Morgan fingerprint density at radius 1 is 1.04 bits per heavy atom.